The van der Waals surface area contributed by atoms with E-state index >= 15 is 0 Å². The lowest BCUT2D eigenvalue weighted by atomic mass is 9.96. The molecule has 1 saturated heterocycles. The molecule has 0 spiro atoms. The van der Waals surface area contributed by atoms with Crippen molar-refractivity contribution in [2.24, 2.45) is 0 Å². The first-order valence-electron chi connectivity index (χ1n) is 10.2. The molecule has 0 amide bonds. The number of hydrogen-bond acceptors (Lipinski definition) is 5. The number of hydrogen-bond donors (Lipinski definition) is 0. The van der Waals surface area contributed by atoms with Crippen LogP contribution in [0, 0.1) is 0 Å². The summed E-state index contributed by atoms with van der Waals surface area (Å²) in [5.41, 5.74) is 1.18. The Hall–Kier alpha value is -2.56. The summed E-state index contributed by atoms with van der Waals surface area (Å²) in [6.45, 7) is 8.58. The number of pyridine rings is 1. The lowest BCUT2D eigenvalue weighted by Gasteiger charge is -2.21. The summed E-state index contributed by atoms with van der Waals surface area (Å²) in [5, 5.41) is 0. The number of rotatable bonds is 8. The highest BCUT2D eigenvalue weighted by Crippen LogP contribution is 2.26. The zero-order valence-electron chi connectivity index (χ0n) is 17.4. The monoisotopic (exact) mass is 381 g/mol. The maximum atomic E-state index is 11.3. The topological polar surface area (TPSA) is 45.7 Å². The van der Waals surface area contributed by atoms with E-state index in [1.54, 1.807) is 6.92 Å². The fourth-order valence-electron chi connectivity index (χ4n) is 3.61. The summed E-state index contributed by atoms with van der Waals surface area (Å²) in [4.78, 5) is 20.5. The summed E-state index contributed by atoms with van der Waals surface area (Å²) in [6, 6.07) is 14.4. The Bertz CT molecular complexity index is 791. The van der Waals surface area contributed by atoms with Crippen molar-refractivity contribution in [1.82, 2.24) is 4.98 Å². The summed E-state index contributed by atoms with van der Waals surface area (Å²) in [7, 11) is 2.06. The molecule has 3 rings (SSSR count). The lowest BCUT2D eigenvalue weighted by molar-refractivity contribution is -0.117. The number of ether oxygens (including phenoxy) is 1. The first-order chi connectivity index (χ1) is 13.5. The number of anilines is 2. The molecule has 0 aliphatic carbocycles. The third-order valence-corrected chi connectivity index (χ3v) is 5.40. The van der Waals surface area contributed by atoms with Crippen LogP contribution in [0.5, 0.6) is 5.75 Å². The van der Waals surface area contributed by atoms with E-state index in [-0.39, 0.29) is 17.8 Å². The van der Waals surface area contributed by atoms with Crippen molar-refractivity contribution < 1.29 is 9.53 Å². The molecule has 2 aromatic rings. The van der Waals surface area contributed by atoms with Gasteiger partial charge in [-0.15, -0.1) is 0 Å². The van der Waals surface area contributed by atoms with Crippen molar-refractivity contribution in [2.45, 2.75) is 45.6 Å². The zero-order valence-corrected chi connectivity index (χ0v) is 17.4. The van der Waals surface area contributed by atoms with Gasteiger partial charge in [0.15, 0.2) is 0 Å². The number of Topliss-reactive ketones (excluding diaryl/α,β-unsaturated/α-hetero) is 1. The van der Waals surface area contributed by atoms with E-state index in [1.807, 2.05) is 18.2 Å². The van der Waals surface area contributed by atoms with Gasteiger partial charge in [0.25, 0.3) is 0 Å². The van der Waals surface area contributed by atoms with E-state index in [2.05, 4.69) is 55.0 Å². The first kappa shape index (κ1) is 20.2. The minimum absolute atomic E-state index is 0.162. The predicted octanol–water partition coefficient (Wildman–Crippen LogP) is 4.28. The smallest absolute Gasteiger partial charge is 0.131 e. The van der Waals surface area contributed by atoms with Crippen molar-refractivity contribution in [1.29, 1.82) is 0 Å². The van der Waals surface area contributed by atoms with Crippen LogP contribution in [0.1, 0.15) is 45.1 Å². The molecule has 28 heavy (non-hydrogen) atoms. The molecule has 2 heterocycles. The molecule has 0 N–H and O–H groups in total. The minimum atomic E-state index is 0.162. The van der Waals surface area contributed by atoms with Gasteiger partial charge < -0.3 is 19.3 Å². The Morgan fingerprint density at radius 2 is 2.04 bits per heavy atom. The Balaban J connectivity index is 1.58. The second kappa shape index (κ2) is 9.09. The van der Waals surface area contributed by atoms with E-state index < -0.39 is 0 Å². The van der Waals surface area contributed by atoms with Crippen LogP contribution in [0.25, 0.3) is 0 Å². The molecule has 0 bridgehead atoms. The zero-order chi connectivity index (χ0) is 20.1. The molecule has 1 aliphatic rings. The van der Waals surface area contributed by atoms with Gasteiger partial charge in [0.2, 0.25) is 0 Å². The number of aromatic nitrogens is 1. The summed E-state index contributed by atoms with van der Waals surface area (Å²) >= 11 is 0. The molecule has 1 aromatic heterocycles. The highest BCUT2D eigenvalue weighted by Gasteiger charge is 2.25. The van der Waals surface area contributed by atoms with Crippen LogP contribution in [-0.2, 0) is 4.79 Å². The van der Waals surface area contributed by atoms with Gasteiger partial charge in [-0.25, -0.2) is 4.98 Å². The van der Waals surface area contributed by atoms with Gasteiger partial charge in [-0.2, -0.15) is 0 Å². The van der Waals surface area contributed by atoms with E-state index in [1.165, 1.54) is 5.56 Å². The van der Waals surface area contributed by atoms with Crippen molar-refractivity contribution in [3.8, 4) is 5.75 Å². The van der Waals surface area contributed by atoms with Gasteiger partial charge in [-0.1, -0.05) is 25.1 Å². The molecule has 150 valence electrons. The average Bonchev–Trinajstić information content (AvgIpc) is 3.16. The number of benzene rings is 1. The molecule has 0 saturated carbocycles. The molecule has 1 aliphatic heterocycles. The predicted molar refractivity (Wildman–Crippen MR) is 115 cm³/mol. The number of carbonyl (C=O) groups is 1. The molecule has 2 atom stereocenters. The maximum Gasteiger partial charge on any atom is 0.131 e. The molecule has 0 unspecified atom stereocenters. The van der Waals surface area contributed by atoms with Crippen molar-refractivity contribution >= 4 is 17.4 Å². The summed E-state index contributed by atoms with van der Waals surface area (Å²) in [6.07, 6.45) is 1.73. The van der Waals surface area contributed by atoms with E-state index in [9.17, 15) is 4.79 Å². The van der Waals surface area contributed by atoms with Crippen LogP contribution in [0.4, 0.5) is 11.6 Å². The second-order valence-electron chi connectivity index (χ2n) is 7.72. The van der Waals surface area contributed by atoms with Gasteiger partial charge in [-0.05, 0) is 49.6 Å². The third kappa shape index (κ3) is 5.03. The molecule has 0 radical (unpaired) electrons. The van der Waals surface area contributed by atoms with E-state index in [4.69, 9.17) is 9.72 Å². The van der Waals surface area contributed by atoms with Gasteiger partial charge in [0, 0.05) is 33.0 Å². The highest BCUT2D eigenvalue weighted by molar-refractivity contribution is 5.76. The first-order valence-corrected chi connectivity index (χ1v) is 10.2. The maximum absolute atomic E-state index is 11.3. The van der Waals surface area contributed by atoms with E-state index in [0.717, 1.165) is 43.4 Å². The molecule has 5 heteroatoms. The van der Waals surface area contributed by atoms with Gasteiger partial charge in [0.05, 0.1) is 6.54 Å². The normalized spacial score (nSPS) is 17.4. The number of ketones is 1. The van der Waals surface area contributed by atoms with E-state index in [0.29, 0.717) is 6.42 Å². The lowest BCUT2D eigenvalue weighted by Crippen LogP contribution is -2.26. The second-order valence-corrected chi connectivity index (χ2v) is 7.72. The van der Waals surface area contributed by atoms with Gasteiger partial charge in [0.1, 0.15) is 29.3 Å². The summed E-state index contributed by atoms with van der Waals surface area (Å²) in [5.74, 6) is 3.37. The van der Waals surface area contributed by atoms with Crippen molar-refractivity contribution in [2.75, 3.05) is 36.5 Å². The van der Waals surface area contributed by atoms with Crippen LogP contribution in [0.2, 0.25) is 0 Å². The van der Waals surface area contributed by atoms with Crippen LogP contribution < -0.4 is 14.5 Å². The van der Waals surface area contributed by atoms with Gasteiger partial charge in [-0.3, -0.25) is 0 Å². The minimum Gasteiger partial charge on any atom is -0.489 e. The van der Waals surface area contributed by atoms with Crippen LogP contribution in [-0.4, -0.2) is 43.6 Å². The molecular formula is C23H31N3O2. The van der Waals surface area contributed by atoms with Crippen LogP contribution in [0.15, 0.2) is 42.5 Å². The van der Waals surface area contributed by atoms with Crippen LogP contribution >= 0.6 is 0 Å². The number of carbonyl (C=O) groups excluding carboxylic acids is 1. The Morgan fingerprint density at radius 3 is 2.71 bits per heavy atom. The highest BCUT2D eigenvalue weighted by atomic mass is 16.5. The largest absolute Gasteiger partial charge is 0.489 e. The Kier molecular flexibility index (Phi) is 6.55. The standard InChI is InChI=1S/C23H31N3O2/c1-5-25(4)22-7-6-8-23(24-22)26-14-13-21(16-26)28-20-11-9-19(10-12-20)17(2)15-18(3)27/h6-12,17,21H,5,13-16H2,1-4H3/t17-,21-/m1/s1. The van der Waals surface area contributed by atoms with Crippen molar-refractivity contribution in [3.05, 3.63) is 48.0 Å². The average molecular weight is 382 g/mol. The molecule has 1 fully saturated rings. The molecular weight excluding hydrogens is 350 g/mol. The fraction of sp³-hybridized carbons (Fsp3) is 0.478. The fourth-order valence-corrected chi connectivity index (χ4v) is 3.61. The molecule has 1 aromatic carbocycles. The Morgan fingerprint density at radius 1 is 1.29 bits per heavy atom. The quantitative estimate of drug-likeness (QED) is 0.683. The van der Waals surface area contributed by atoms with Crippen molar-refractivity contribution in [3.63, 3.8) is 0 Å². The third-order valence-electron chi connectivity index (χ3n) is 5.40. The number of nitrogens with zero attached hydrogens (tertiary/aromatic N) is 3. The molecule has 5 nitrogen and oxygen atoms in total. The van der Waals surface area contributed by atoms with Crippen LogP contribution in [0.3, 0.4) is 0 Å². The summed E-state index contributed by atoms with van der Waals surface area (Å²) < 4.78 is 6.19. The van der Waals surface area contributed by atoms with Gasteiger partial charge >= 0.3 is 0 Å². The SMILES string of the molecule is CCN(C)c1cccc(N2CC[C@@H](Oc3ccc([C@H](C)CC(C)=O)cc3)C2)n1. The Labute approximate surface area is 168 Å².